The van der Waals surface area contributed by atoms with Gasteiger partial charge in [0.05, 0.1) is 19.1 Å². The van der Waals surface area contributed by atoms with Crippen molar-refractivity contribution in [2.45, 2.75) is 25.8 Å². The first-order valence-corrected chi connectivity index (χ1v) is 8.84. The molecule has 0 N–H and O–H groups in total. The van der Waals surface area contributed by atoms with Gasteiger partial charge in [0, 0.05) is 30.4 Å². The maximum atomic E-state index is 14.0. The number of aromatic nitrogens is 4. The summed E-state index contributed by atoms with van der Waals surface area (Å²) in [4.78, 5) is 22.9. The molecule has 2 aromatic heterocycles. The van der Waals surface area contributed by atoms with E-state index in [1.807, 2.05) is 13.8 Å². The lowest BCUT2D eigenvalue weighted by molar-refractivity contribution is -0.121. The van der Waals surface area contributed by atoms with E-state index >= 15 is 0 Å². The molecule has 1 amide bonds. The normalized spacial score (nSPS) is 15.0. The molecule has 1 aliphatic heterocycles. The minimum absolute atomic E-state index is 0.0309. The molecule has 1 aliphatic rings. The summed E-state index contributed by atoms with van der Waals surface area (Å²) < 4.78 is 20.9. The van der Waals surface area contributed by atoms with Crippen LogP contribution in [-0.2, 0) is 16.8 Å². The van der Waals surface area contributed by atoms with Gasteiger partial charge in [-0.3, -0.25) is 9.69 Å². The second-order valence-electron chi connectivity index (χ2n) is 7.24. The molecule has 0 atom stereocenters. The standard InChI is InChI=1S/C20H20FN5O2/c1-20(2)13-10-22-17(23-18(13)25(3)19(20)27)15-9-16(28-4)26(24-15)11-12-7-5-6-8-14(12)21/h5-10H,11H2,1-4H3. The number of nitrogens with zero attached hydrogens (tertiary/aromatic N) is 5. The molecule has 0 unspecified atom stereocenters. The van der Waals surface area contributed by atoms with Crippen LogP contribution in [0.5, 0.6) is 5.88 Å². The molecule has 3 aromatic rings. The number of hydrogen-bond acceptors (Lipinski definition) is 5. The number of amides is 1. The Morgan fingerprint density at radius 3 is 2.71 bits per heavy atom. The van der Waals surface area contributed by atoms with Crippen LogP contribution in [0, 0.1) is 5.82 Å². The maximum Gasteiger partial charge on any atom is 0.238 e. The van der Waals surface area contributed by atoms with Crippen molar-refractivity contribution in [3.8, 4) is 17.4 Å². The number of hydrogen-bond donors (Lipinski definition) is 0. The Morgan fingerprint density at radius 1 is 1.25 bits per heavy atom. The number of methoxy groups -OCH3 is 1. The van der Waals surface area contributed by atoms with E-state index in [1.54, 1.807) is 42.2 Å². The van der Waals surface area contributed by atoms with E-state index in [0.29, 0.717) is 28.8 Å². The van der Waals surface area contributed by atoms with Crippen LogP contribution in [0.25, 0.3) is 11.5 Å². The summed E-state index contributed by atoms with van der Waals surface area (Å²) >= 11 is 0. The van der Waals surface area contributed by atoms with E-state index in [1.165, 1.54) is 18.1 Å². The lowest BCUT2D eigenvalue weighted by Gasteiger charge is -2.15. The molecule has 0 saturated carbocycles. The van der Waals surface area contributed by atoms with Crippen molar-refractivity contribution in [1.82, 2.24) is 19.7 Å². The van der Waals surface area contributed by atoms with E-state index in [4.69, 9.17) is 4.74 Å². The van der Waals surface area contributed by atoms with E-state index < -0.39 is 5.41 Å². The zero-order valence-corrected chi connectivity index (χ0v) is 16.1. The van der Waals surface area contributed by atoms with Gasteiger partial charge in [0.1, 0.15) is 17.3 Å². The fraction of sp³-hybridized carbons (Fsp3) is 0.300. The molecular formula is C20H20FN5O2. The molecule has 4 rings (SSSR count). The Labute approximate surface area is 161 Å². The van der Waals surface area contributed by atoms with Crippen LogP contribution in [0.1, 0.15) is 25.0 Å². The number of carbonyl (C=O) groups excluding carboxylic acids is 1. The van der Waals surface area contributed by atoms with Crippen LogP contribution in [-0.4, -0.2) is 39.8 Å². The van der Waals surface area contributed by atoms with Gasteiger partial charge in [0.2, 0.25) is 11.8 Å². The number of rotatable bonds is 4. The van der Waals surface area contributed by atoms with Gasteiger partial charge in [-0.15, -0.1) is 0 Å². The highest BCUT2D eigenvalue weighted by Gasteiger charge is 2.43. The summed E-state index contributed by atoms with van der Waals surface area (Å²) in [5, 5.41) is 4.49. The van der Waals surface area contributed by atoms with Gasteiger partial charge in [-0.25, -0.2) is 19.0 Å². The fourth-order valence-electron chi connectivity index (χ4n) is 3.40. The Bertz CT molecular complexity index is 1080. The SMILES string of the molecule is COc1cc(-c2ncc3c(n2)N(C)C(=O)C3(C)C)nn1Cc1ccccc1F. The Balaban J connectivity index is 1.73. The van der Waals surface area contributed by atoms with Gasteiger partial charge in [-0.1, -0.05) is 18.2 Å². The van der Waals surface area contributed by atoms with E-state index in [2.05, 4.69) is 15.1 Å². The molecule has 0 radical (unpaired) electrons. The van der Waals surface area contributed by atoms with Crippen LogP contribution in [0.3, 0.4) is 0 Å². The van der Waals surface area contributed by atoms with Crippen LogP contribution >= 0.6 is 0 Å². The summed E-state index contributed by atoms with van der Waals surface area (Å²) in [7, 11) is 3.22. The largest absolute Gasteiger partial charge is 0.481 e. The van der Waals surface area contributed by atoms with Crippen molar-refractivity contribution in [3.63, 3.8) is 0 Å². The third kappa shape index (κ3) is 2.72. The molecule has 144 valence electrons. The summed E-state index contributed by atoms with van der Waals surface area (Å²) in [5.41, 5.74) is 1.10. The summed E-state index contributed by atoms with van der Waals surface area (Å²) in [6.07, 6.45) is 1.67. The van der Waals surface area contributed by atoms with Crippen LogP contribution in [0.4, 0.5) is 10.2 Å². The molecule has 0 fully saturated rings. The Hall–Kier alpha value is -3.29. The zero-order chi connectivity index (χ0) is 20.1. The number of fused-ring (bicyclic) bond motifs is 1. The van der Waals surface area contributed by atoms with Crippen LogP contribution in [0.2, 0.25) is 0 Å². The van der Waals surface area contributed by atoms with Crippen molar-refractivity contribution in [2.75, 3.05) is 19.1 Å². The molecule has 28 heavy (non-hydrogen) atoms. The number of likely N-dealkylation sites (N-methyl/N-ethyl adjacent to an activating group) is 1. The summed E-state index contributed by atoms with van der Waals surface area (Å²) in [6, 6.07) is 8.22. The lowest BCUT2D eigenvalue weighted by Crippen LogP contribution is -2.33. The molecule has 8 heteroatoms. The van der Waals surface area contributed by atoms with Crippen molar-refractivity contribution < 1.29 is 13.9 Å². The van der Waals surface area contributed by atoms with E-state index in [0.717, 1.165) is 5.56 Å². The Morgan fingerprint density at radius 2 is 2.00 bits per heavy atom. The fourth-order valence-corrected chi connectivity index (χ4v) is 3.40. The predicted octanol–water partition coefficient (Wildman–Crippen LogP) is 2.79. The first-order valence-electron chi connectivity index (χ1n) is 8.84. The summed E-state index contributed by atoms with van der Waals surface area (Å²) in [6.45, 7) is 3.92. The van der Waals surface area contributed by atoms with Gasteiger partial charge in [0.15, 0.2) is 5.82 Å². The molecule has 0 saturated heterocycles. The highest BCUT2D eigenvalue weighted by Crippen LogP contribution is 2.39. The van der Waals surface area contributed by atoms with Crippen LogP contribution < -0.4 is 9.64 Å². The highest BCUT2D eigenvalue weighted by atomic mass is 19.1. The molecule has 0 spiro atoms. The van der Waals surface area contributed by atoms with Gasteiger partial charge >= 0.3 is 0 Å². The average molecular weight is 381 g/mol. The molecule has 0 bridgehead atoms. The number of carbonyl (C=O) groups is 1. The molecular weight excluding hydrogens is 361 g/mol. The van der Waals surface area contributed by atoms with Crippen molar-refractivity contribution in [2.24, 2.45) is 0 Å². The molecule has 1 aromatic carbocycles. The van der Waals surface area contributed by atoms with Crippen LogP contribution in [0.15, 0.2) is 36.5 Å². The third-order valence-electron chi connectivity index (χ3n) is 5.06. The van der Waals surface area contributed by atoms with Crippen molar-refractivity contribution >= 4 is 11.7 Å². The number of anilines is 1. The third-order valence-corrected chi connectivity index (χ3v) is 5.06. The quantitative estimate of drug-likeness (QED) is 0.695. The van der Waals surface area contributed by atoms with Gasteiger partial charge in [-0.05, 0) is 19.9 Å². The number of benzene rings is 1. The maximum absolute atomic E-state index is 14.0. The second-order valence-corrected chi connectivity index (χ2v) is 7.24. The topological polar surface area (TPSA) is 73.1 Å². The average Bonchev–Trinajstić information content (AvgIpc) is 3.17. The number of halogens is 1. The molecule has 0 aliphatic carbocycles. The smallest absolute Gasteiger partial charge is 0.238 e. The highest BCUT2D eigenvalue weighted by molar-refractivity contribution is 6.06. The minimum atomic E-state index is -0.662. The monoisotopic (exact) mass is 381 g/mol. The van der Waals surface area contributed by atoms with Gasteiger partial charge in [0.25, 0.3) is 0 Å². The predicted molar refractivity (Wildman–Crippen MR) is 102 cm³/mol. The van der Waals surface area contributed by atoms with E-state index in [-0.39, 0.29) is 18.3 Å². The second kappa shape index (κ2) is 6.40. The first kappa shape index (κ1) is 18.1. The minimum Gasteiger partial charge on any atom is -0.481 e. The van der Waals surface area contributed by atoms with Gasteiger partial charge in [-0.2, -0.15) is 5.10 Å². The van der Waals surface area contributed by atoms with Crippen molar-refractivity contribution in [3.05, 3.63) is 53.5 Å². The number of ether oxygens (including phenoxy) is 1. The molecule has 7 nitrogen and oxygen atoms in total. The lowest BCUT2D eigenvalue weighted by atomic mass is 9.88. The zero-order valence-electron chi connectivity index (χ0n) is 16.1. The molecule has 3 heterocycles. The Kier molecular flexibility index (Phi) is 4.14. The van der Waals surface area contributed by atoms with Crippen molar-refractivity contribution in [1.29, 1.82) is 0 Å². The van der Waals surface area contributed by atoms with E-state index in [9.17, 15) is 9.18 Å². The first-order chi connectivity index (χ1) is 13.3. The van der Waals surface area contributed by atoms with Gasteiger partial charge < -0.3 is 4.74 Å². The summed E-state index contributed by atoms with van der Waals surface area (Å²) in [5.74, 6) is 1.07.